The molecular formula is C13H14N2O3. The zero-order valence-corrected chi connectivity index (χ0v) is 10.1. The van der Waals surface area contributed by atoms with E-state index >= 15 is 0 Å². The molecule has 2 aliphatic rings. The number of carbonyl (C=O) groups excluding carboxylic acids is 2. The number of methoxy groups -OCH3 is 1. The summed E-state index contributed by atoms with van der Waals surface area (Å²) in [7, 11) is 1.56. The van der Waals surface area contributed by atoms with Crippen LogP contribution in [-0.4, -0.2) is 25.6 Å². The Morgan fingerprint density at radius 2 is 2.11 bits per heavy atom. The molecule has 3 rings (SSSR count). The molecule has 3 amide bonds. The van der Waals surface area contributed by atoms with Crippen LogP contribution in [0.3, 0.4) is 0 Å². The highest BCUT2D eigenvalue weighted by atomic mass is 16.5. The standard InChI is InChI=1S/C13H14N2O3/c1-18-10-4-2-3-9(7-10)15-11(16)13(5-6-13)8-14-12(15)17/h2-4,7H,5-6,8H2,1H3,(H,14,17). The van der Waals surface area contributed by atoms with Crippen molar-refractivity contribution in [2.45, 2.75) is 12.8 Å². The van der Waals surface area contributed by atoms with E-state index in [-0.39, 0.29) is 17.4 Å². The molecule has 1 N–H and O–H groups in total. The van der Waals surface area contributed by atoms with E-state index in [4.69, 9.17) is 4.74 Å². The van der Waals surface area contributed by atoms with Crippen LogP contribution in [0.5, 0.6) is 5.75 Å². The minimum atomic E-state index is -0.356. The van der Waals surface area contributed by atoms with Gasteiger partial charge < -0.3 is 10.1 Å². The summed E-state index contributed by atoms with van der Waals surface area (Å²) in [6.45, 7) is 0.463. The smallest absolute Gasteiger partial charge is 0.328 e. The average molecular weight is 246 g/mol. The second-order valence-corrected chi connectivity index (χ2v) is 4.78. The number of nitrogens with one attached hydrogen (secondary N) is 1. The predicted octanol–water partition coefficient (Wildman–Crippen LogP) is 1.53. The molecule has 5 nitrogen and oxygen atoms in total. The number of carbonyl (C=O) groups is 2. The summed E-state index contributed by atoms with van der Waals surface area (Å²) in [5, 5.41) is 2.78. The van der Waals surface area contributed by atoms with Crippen molar-refractivity contribution < 1.29 is 14.3 Å². The Kier molecular flexibility index (Phi) is 2.29. The highest BCUT2D eigenvalue weighted by Gasteiger charge is 2.56. The van der Waals surface area contributed by atoms with Crippen molar-refractivity contribution in [3.63, 3.8) is 0 Å². The largest absolute Gasteiger partial charge is 0.497 e. The van der Waals surface area contributed by atoms with Gasteiger partial charge in [-0.15, -0.1) is 0 Å². The van der Waals surface area contributed by atoms with E-state index in [1.54, 1.807) is 31.4 Å². The fourth-order valence-corrected chi connectivity index (χ4v) is 2.25. The molecule has 1 saturated heterocycles. The lowest BCUT2D eigenvalue weighted by Crippen LogP contribution is -2.56. The van der Waals surface area contributed by atoms with Crippen LogP contribution < -0.4 is 15.0 Å². The highest BCUT2D eigenvalue weighted by Crippen LogP contribution is 2.48. The molecule has 2 fully saturated rings. The summed E-state index contributed by atoms with van der Waals surface area (Å²) in [4.78, 5) is 25.4. The van der Waals surface area contributed by atoms with E-state index in [1.807, 2.05) is 0 Å². The van der Waals surface area contributed by atoms with Gasteiger partial charge in [0.1, 0.15) is 5.75 Å². The summed E-state index contributed by atoms with van der Waals surface area (Å²) in [5.41, 5.74) is 0.208. The first-order valence-electron chi connectivity index (χ1n) is 5.93. The normalized spacial score (nSPS) is 20.8. The quantitative estimate of drug-likeness (QED) is 0.861. The third-order valence-electron chi connectivity index (χ3n) is 3.60. The topological polar surface area (TPSA) is 58.6 Å². The van der Waals surface area contributed by atoms with Gasteiger partial charge in [0.15, 0.2) is 0 Å². The molecule has 1 spiro atoms. The van der Waals surface area contributed by atoms with Crippen LogP contribution in [0.15, 0.2) is 24.3 Å². The molecule has 0 aromatic heterocycles. The van der Waals surface area contributed by atoms with Crippen molar-refractivity contribution >= 4 is 17.6 Å². The highest BCUT2D eigenvalue weighted by molar-refractivity contribution is 6.18. The van der Waals surface area contributed by atoms with Crippen LogP contribution in [0.25, 0.3) is 0 Å². The van der Waals surface area contributed by atoms with Crippen molar-refractivity contribution in [3.05, 3.63) is 24.3 Å². The third-order valence-corrected chi connectivity index (χ3v) is 3.60. The number of ether oxygens (including phenoxy) is 1. The van der Waals surface area contributed by atoms with Gasteiger partial charge in [0.05, 0.1) is 18.2 Å². The molecule has 1 aromatic rings. The Bertz CT molecular complexity index is 523. The summed E-state index contributed by atoms with van der Waals surface area (Å²) in [6, 6.07) is 6.62. The second kappa shape index (κ2) is 3.73. The molecular weight excluding hydrogens is 232 g/mol. The van der Waals surface area contributed by atoms with Crippen LogP contribution in [0.1, 0.15) is 12.8 Å². The molecule has 94 valence electrons. The van der Waals surface area contributed by atoms with Crippen molar-refractivity contribution in [3.8, 4) is 5.75 Å². The first-order valence-corrected chi connectivity index (χ1v) is 5.93. The summed E-state index contributed by atoms with van der Waals surface area (Å²) < 4.78 is 5.11. The maximum absolute atomic E-state index is 12.3. The maximum atomic E-state index is 12.3. The zero-order valence-electron chi connectivity index (χ0n) is 10.1. The van der Waals surface area contributed by atoms with Gasteiger partial charge in [-0.2, -0.15) is 0 Å². The monoisotopic (exact) mass is 246 g/mol. The third kappa shape index (κ3) is 1.54. The number of nitrogens with zero attached hydrogens (tertiary/aromatic N) is 1. The van der Waals surface area contributed by atoms with Gasteiger partial charge in [0, 0.05) is 12.6 Å². The SMILES string of the molecule is COc1cccc(N2C(=O)NCC3(CC3)C2=O)c1. The second-order valence-electron chi connectivity index (χ2n) is 4.78. The Morgan fingerprint density at radius 1 is 1.33 bits per heavy atom. The number of amides is 3. The molecule has 0 radical (unpaired) electrons. The van der Waals surface area contributed by atoms with Crippen LogP contribution in [0.2, 0.25) is 0 Å². The summed E-state index contributed by atoms with van der Waals surface area (Å²) in [5.74, 6) is 0.531. The number of imide groups is 1. The Labute approximate surface area is 105 Å². The van der Waals surface area contributed by atoms with Gasteiger partial charge in [-0.1, -0.05) is 6.07 Å². The van der Waals surface area contributed by atoms with Gasteiger partial charge in [-0.3, -0.25) is 4.79 Å². The van der Waals surface area contributed by atoms with Crippen LogP contribution in [-0.2, 0) is 4.79 Å². The minimum absolute atomic E-state index is 0.0977. The zero-order chi connectivity index (χ0) is 12.8. The van der Waals surface area contributed by atoms with Gasteiger partial charge in [0.2, 0.25) is 5.91 Å². The first-order chi connectivity index (χ1) is 8.66. The lowest BCUT2D eigenvalue weighted by molar-refractivity contribution is -0.123. The molecule has 1 aliphatic heterocycles. The summed E-state index contributed by atoms with van der Waals surface area (Å²) >= 11 is 0. The van der Waals surface area contributed by atoms with Crippen LogP contribution in [0.4, 0.5) is 10.5 Å². The van der Waals surface area contributed by atoms with Gasteiger partial charge in [-0.25, -0.2) is 9.69 Å². The van der Waals surface area contributed by atoms with E-state index < -0.39 is 0 Å². The van der Waals surface area contributed by atoms with E-state index in [0.29, 0.717) is 18.0 Å². The van der Waals surface area contributed by atoms with Crippen molar-refractivity contribution in [2.75, 3.05) is 18.6 Å². The molecule has 0 bridgehead atoms. The lowest BCUT2D eigenvalue weighted by Gasteiger charge is -2.31. The van der Waals surface area contributed by atoms with E-state index in [9.17, 15) is 9.59 Å². The fraction of sp³-hybridized carbons (Fsp3) is 0.385. The van der Waals surface area contributed by atoms with Crippen molar-refractivity contribution in [1.29, 1.82) is 0 Å². The van der Waals surface area contributed by atoms with Crippen LogP contribution >= 0.6 is 0 Å². The molecule has 0 unspecified atom stereocenters. The molecule has 1 heterocycles. The number of anilines is 1. The Hall–Kier alpha value is -2.04. The predicted molar refractivity (Wildman–Crippen MR) is 65.5 cm³/mol. The Morgan fingerprint density at radius 3 is 2.78 bits per heavy atom. The molecule has 1 aliphatic carbocycles. The van der Waals surface area contributed by atoms with Crippen LogP contribution in [0, 0.1) is 5.41 Å². The fourth-order valence-electron chi connectivity index (χ4n) is 2.25. The Balaban J connectivity index is 1.97. The summed E-state index contributed by atoms with van der Waals surface area (Å²) in [6.07, 6.45) is 1.71. The number of hydrogen-bond acceptors (Lipinski definition) is 3. The molecule has 1 saturated carbocycles. The molecule has 1 aromatic carbocycles. The number of hydrogen-bond donors (Lipinski definition) is 1. The molecule has 18 heavy (non-hydrogen) atoms. The van der Waals surface area contributed by atoms with Gasteiger partial charge >= 0.3 is 6.03 Å². The van der Waals surface area contributed by atoms with Crippen molar-refractivity contribution in [2.24, 2.45) is 5.41 Å². The van der Waals surface area contributed by atoms with E-state index in [1.165, 1.54) is 4.90 Å². The molecule has 5 heteroatoms. The minimum Gasteiger partial charge on any atom is -0.497 e. The lowest BCUT2D eigenvalue weighted by atomic mass is 10.0. The first kappa shape index (κ1) is 11.1. The van der Waals surface area contributed by atoms with Crippen molar-refractivity contribution in [1.82, 2.24) is 5.32 Å². The number of rotatable bonds is 2. The van der Waals surface area contributed by atoms with Gasteiger partial charge in [-0.05, 0) is 25.0 Å². The number of urea groups is 1. The maximum Gasteiger partial charge on any atom is 0.328 e. The van der Waals surface area contributed by atoms with E-state index in [2.05, 4.69) is 5.32 Å². The molecule has 0 atom stereocenters. The van der Waals surface area contributed by atoms with Gasteiger partial charge in [0.25, 0.3) is 0 Å². The van der Waals surface area contributed by atoms with E-state index in [0.717, 1.165) is 12.8 Å². The average Bonchev–Trinajstić information content (AvgIpc) is 3.16. The number of benzene rings is 1.